The molecule has 3 aromatic rings. The van der Waals surface area contributed by atoms with Crippen LogP contribution in [-0.4, -0.2) is 10.3 Å². The SMILES string of the molecule is Cc1cccc(Oc2ccc(N)c3nonc23)c1. The molecule has 1 heterocycles. The average Bonchev–Trinajstić information content (AvgIpc) is 2.83. The van der Waals surface area contributed by atoms with E-state index in [1.807, 2.05) is 31.2 Å². The van der Waals surface area contributed by atoms with Crippen molar-refractivity contribution in [3.8, 4) is 11.5 Å². The maximum Gasteiger partial charge on any atom is 0.179 e. The van der Waals surface area contributed by atoms with Gasteiger partial charge < -0.3 is 10.5 Å². The number of nitrogens with two attached hydrogens (primary N) is 1. The Labute approximate surface area is 103 Å². The molecule has 18 heavy (non-hydrogen) atoms. The fourth-order valence-electron chi connectivity index (χ4n) is 1.75. The van der Waals surface area contributed by atoms with E-state index < -0.39 is 0 Å². The summed E-state index contributed by atoms with van der Waals surface area (Å²) in [6.45, 7) is 2.00. The van der Waals surface area contributed by atoms with Crippen molar-refractivity contribution >= 4 is 16.7 Å². The van der Waals surface area contributed by atoms with Gasteiger partial charge in [-0.2, -0.15) is 0 Å². The van der Waals surface area contributed by atoms with Gasteiger partial charge in [-0.1, -0.05) is 12.1 Å². The summed E-state index contributed by atoms with van der Waals surface area (Å²) in [6.07, 6.45) is 0. The number of aryl methyl sites for hydroxylation is 1. The second kappa shape index (κ2) is 4.03. The summed E-state index contributed by atoms with van der Waals surface area (Å²) in [6, 6.07) is 11.2. The van der Waals surface area contributed by atoms with Crippen LogP contribution in [0.2, 0.25) is 0 Å². The lowest BCUT2D eigenvalue weighted by atomic mass is 10.2. The van der Waals surface area contributed by atoms with Crippen molar-refractivity contribution in [2.24, 2.45) is 0 Å². The number of fused-ring (bicyclic) bond motifs is 1. The first-order valence-corrected chi connectivity index (χ1v) is 5.49. The smallest absolute Gasteiger partial charge is 0.179 e. The Bertz CT molecular complexity index is 706. The van der Waals surface area contributed by atoms with Crippen LogP contribution in [0.15, 0.2) is 41.0 Å². The average molecular weight is 241 g/mol. The van der Waals surface area contributed by atoms with Crippen LogP contribution in [0.4, 0.5) is 5.69 Å². The lowest BCUT2D eigenvalue weighted by Gasteiger charge is -2.06. The third-order valence-corrected chi connectivity index (χ3v) is 2.63. The van der Waals surface area contributed by atoms with Gasteiger partial charge in [-0.05, 0) is 47.1 Å². The topological polar surface area (TPSA) is 74.2 Å². The van der Waals surface area contributed by atoms with Crippen LogP contribution in [0.3, 0.4) is 0 Å². The maximum absolute atomic E-state index is 5.77. The number of hydrogen-bond donors (Lipinski definition) is 1. The van der Waals surface area contributed by atoms with E-state index in [2.05, 4.69) is 14.9 Å². The van der Waals surface area contributed by atoms with E-state index in [1.54, 1.807) is 12.1 Å². The third-order valence-electron chi connectivity index (χ3n) is 2.63. The quantitative estimate of drug-likeness (QED) is 0.698. The van der Waals surface area contributed by atoms with E-state index in [9.17, 15) is 0 Å². The highest BCUT2D eigenvalue weighted by molar-refractivity contribution is 5.90. The zero-order valence-corrected chi connectivity index (χ0v) is 9.75. The molecule has 0 fully saturated rings. The zero-order chi connectivity index (χ0) is 12.5. The standard InChI is InChI=1S/C13H11N3O2/c1-8-3-2-4-9(7-8)17-11-6-5-10(14)12-13(11)16-18-15-12/h2-7H,14H2,1H3. The van der Waals surface area contributed by atoms with Crippen molar-refractivity contribution in [3.05, 3.63) is 42.0 Å². The molecule has 0 saturated heterocycles. The highest BCUT2D eigenvalue weighted by Gasteiger charge is 2.11. The van der Waals surface area contributed by atoms with Crippen molar-refractivity contribution in [2.45, 2.75) is 6.92 Å². The van der Waals surface area contributed by atoms with Gasteiger partial charge in [0.25, 0.3) is 0 Å². The van der Waals surface area contributed by atoms with Crippen LogP contribution in [0.1, 0.15) is 5.56 Å². The predicted octanol–water partition coefficient (Wildman–Crippen LogP) is 2.91. The van der Waals surface area contributed by atoms with Gasteiger partial charge in [0.15, 0.2) is 16.8 Å². The lowest BCUT2D eigenvalue weighted by molar-refractivity contribution is 0.314. The van der Waals surface area contributed by atoms with Crippen molar-refractivity contribution in [1.29, 1.82) is 0 Å². The molecule has 2 aromatic carbocycles. The molecule has 2 N–H and O–H groups in total. The van der Waals surface area contributed by atoms with Gasteiger partial charge in [-0.15, -0.1) is 0 Å². The fourth-order valence-corrected chi connectivity index (χ4v) is 1.75. The van der Waals surface area contributed by atoms with Crippen LogP contribution in [0.25, 0.3) is 11.0 Å². The number of hydrogen-bond acceptors (Lipinski definition) is 5. The summed E-state index contributed by atoms with van der Waals surface area (Å²) in [7, 11) is 0. The summed E-state index contributed by atoms with van der Waals surface area (Å²) >= 11 is 0. The maximum atomic E-state index is 5.77. The molecule has 0 bridgehead atoms. The normalized spacial score (nSPS) is 10.7. The van der Waals surface area contributed by atoms with E-state index in [1.165, 1.54) is 0 Å². The summed E-state index contributed by atoms with van der Waals surface area (Å²) in [5, 5.41) is 7.55. The molecule has 0 radical (unpaired) electrons. The molecule has 0 aliphatic heterocycles. The van der Waals surface area contributed by atoms with Crippen LogP contribution >= 0.6 is 0 Å². The first-order valence-electron chi connectivity index (χ1n) is 5.49. The van der Waals surface area contributed by atoms with Crippen LogP contribution in [0, 0.1) is 6.92 Å². The molecular weight excluding hydrogens is 230 g/mol. The number of aromatic nitrogens is 2. The van der Waals surface area contributed by atoms with Gasteiger partial charge in [0, 0.05) is 0 Å². The first-order chi connectivity index (χ1) is 8.74. The fraction of sp³-hybridized carbons (Fsp3) is 0.0769. The number of nitrogen functional groups attached to an aromatic ring is 1. The molecule has 5 nitrogen and oxygen atoms in total. The molecule has 90 valence electrons. The Kier molecular flexibility index (Phi) is 2.37. The van der Waals surface area contributed by atoms with E-state index in [4.69, 9.17) is 10.5 Å². The number of nitrogens with zero attached hydrogens (tertiary/aromatic N) is 2. The Hall–Kier alpha value is -2.56. The molecule has 0 unspecified atom stereocenters. The van der Waals surface area contributed by atoms with Gasteiger partial charge in [-0.3, -0.25) is 0 Å². The molecule has 1 aromatic heterocycles. The van der Waals surface area contributed by atoms with Gasteiger partial charge in [-0.25, -0.2) is 4.63 Å². The van der Waals surface area contributed by atoms with Crippen LogP contribution in [-0.2, 0) is 0 Å². The lowest BCUT2D eigenvalue weighted by Crippen LogP contribution is -1.90. The van der Waals surface area contributed by atoms with Gasteiger partial charge in [0.1, 0.15) is 5.75 Å². The number of rotatable bonds is 2. The van der Waals surface area contributed by atoms with E-state index in [0.29, 0.717) is 22.5 Å². The largest absolute Gasteiger partial charge is 0.455 e. The predicted molar refractivity (Wildman–Crippen MR) is 67.5 cm³/mol. The minimum Gasteiger partial charge on any atom is -0.455 e. The monoisotopic (exact) mass is 241 g/mol. The molecule has 0 aliphatic carbocycles. The third kappa shape index (κ3) is 1.75. The summed E-state index contributed by atoms with van der Waals surface area (Å²) in [5.41, 5.74) is 8.45. The van der Waals surface area contributed by atoms with Crippen molar-refractivity contribution in [2.75, 3.05) is 5.73 Å². The van der Waals surface area contributed by atoms with Crippen molar-refractivity contribution in [3.63, 3.8) is 0 Å². The van der Waals surface area contributed by atoms with Gasteiger partial charge in [0.2, 0.25) is 0 Å². The summed E-state index contributed by atoms with van der Waals surface area (Å²) in [4.78, 5) is 0. The van der Waals surface area contributed by atoms with Gasteiger partial charge in [0.05, 0.1) is 5.69 Å². The molecular formula is C13H11N3O2. The van der Waals surface area contributed by atoms with E-state index in [-0.39, 0.29) is 0 Å². The molecule has 3 rings (SSSR count). The minimum absolute atomic E-state index is 0.514. The Morgan fingerprint density at radius 2 is 1.94 bits per heavy atom. The van der Waals surface area contributed by atoms with Crippen LogP contribution in [0.5, 0.6) is 11.5 Å². The number of anilines is 1. The second-order valence-corrected chi connectivity index (χ2v) is 4.03. The Balaban J connectivity index is 2.05. The number of benzene rings is 2. The molecule has 5 heteroatoms. The number of ether oxygens (including phenoxy) is 1. The molecule has 0 spiro atoms. The van der Waals surface area contributed by atoms with E-state index in [0.717, 1.165) is 11.3 Å². The minimum atomic E-state index is 0.514. The van der Waals surface area contributed by atoms with E-state index >= 15 is 0 Å². The molecule has 0 atom stereocenters. The van der Waals surface area contributed by atoms with Gasteiger partial charge >= 0.3 is 0 Å². The molecule has 0 saturated carbocycles. The highest BCUT2D eigenvalue weighted by atomic mass is 16.6. The first kappa shape index (κ1) is 10.6. The Morgan fingerprint density at radius 1 is 1.11 bits per heavy atom. The second-order valence-electron chi connectivity index (χ2n) is 4.03. The molecule has 0 aliphatic rings. The highest BCUT2D eigenvalue weighted by Crippen LogP contribution is 2.31. The molecule has 0 amide bonds. The summed E-state index contributed by atoms with van der Waals surface area (Å²) in [5.74, 6) is 1.31. The van der Waals surface area contributed by atoms with Crippen molar-refractivity contribution < 1.29 is 9.37 Å². The van der Waals surface area contributed by atoms with Crippen molar-refractivity contribution in [1.82, 2.24) is 10.3 Å². The van der Waals surface area contributed by atoms with Crippen LogP contribution < -0.4 is 10.5 Å². The summed E-state index contributed by atoms with van der Waals surface area (Å²) < 4.78 is 10.5. The zero-order valence-electron chi connectivity index (χ0n) is 9.75. The Morgan fingerprint density at radius 3 is 2.78 bits per heavy atom.